The molecule has 0 aromatic heterocycles. The van der Waals surface area contributed by atoms with E-state index in [1.807, 2.05) is 0 Å². The number of anilines is 1. The van der Waals surface area contributed by atoms with E-state index in [-0.39, 0.29) is 11.6 Å². The van der Waals surface area contributed by atoms with Crippen molar-refractivity contribution in [1.82, 2.24) is 0 Å². The van der Waals surface area contributed by atoms with Crippen LogP contribution in [0, 0.1) is 10.1 Å². The SMILES string of the molecule is COc1ccc(/C=C2\SC(=S)N(c3cccc([N+](=O)[O-])c3)C2=O)cc1OC. The Balaban J connectivity index is 1.93. The van der Waals surface area contributed by atoms with E-state index in [1.54, 1.807) is 37.5 Å². The molecule has 3 rings (SSSR count). The van der Waals surface area contributed by atoms with Crippen LogP contribution in [0.5, 0.6) is 11.5 Å². The molecule has 1 aliphatic heterocycles. The fourth-order valence-corrected chi connectivity index (χ4v) is 3.83. The van der Waals surface area contributed by atoms with Gasteiger partial charge in [-0.1, -0.05) is 36.1 Å². The van der Waals surface area contributed by atoms with E-state index in [0.717, 1.165) is 17.3 Å². The Morgan fingerprint density at radius 2 is 1.89 bits per heavy atom. The Hall–Kier alpha value is -2.91. The van der Waals surface area contributed by atoms with Crippen LogP contribution in [-0.4, -0.2) is 29.4 Å². The molecule has 7 nitrogen and oxygen atoms in total. The highest BCUT2D eigenvalue weighted by Crippen LogP contribution is 2.37. The molecule has 0 bridgehead atoms. The molecule has 1 amide bonds. The summed E-state index contributed by atoms with van der Waals surface area (Å²) in [6.45, 7) is 0. The Morgan fingerprint density at radius 1 is 1.15 bits per heavy atom. The maximum Gasteiger partial charge on any atom is 0.271 e. The van der Waals surface area contributed by atoms with Crippen molar-refractivity contribution in [3.8, 4) is 11.5 Å². The van der Waals surface area contributed by atoms with E-state index in [1.165, 1.54) is 30.2 Å². The summed E-state index contributed by atoms with van der Waals surface area (Å²) in [5.41, 5.74) is 1.00. The number of benzene rings is 2. The van der Waals surface area contributed by atoms with Crippen molar-refractivity contribution in [3.05, 3.63) is 63.0 Å². The maximum absolute atomic E-state index is 12.8. The molecule has 0 atom stereocenters. The molecule has 9 heteroatoms. The fraction of sp³-hybridized carbons (Fsp3) is 0.111. The lowest BCUT2D eigenvalue weighted by molar-refractivity contribution is -0.384. The molecule has 0 saturated carbocycles. The Kier molecular flexibility index (Phi) is 5.43. The number of hydrogen-bond donors (Lipinski definition) is 0. The molecule has 0 unspecified atom stereocenters. The van der Waals surface area contributed by atoms with Crippen LogP contribution < -0.4 is 14.4 Å². The number of nitrogens with zero attached hydrogens (tertiary/aromatic N) is 2. The second kappa shape index (κ2) is 7.77. The molecule has 1 saturated heterocycles. The van der Waals surface area contributed by atoms with Crippen LogP contribution in [0.2, 0.25) is 0 Å². The monoisotopic (exact) mass is 402 g/mol. The highest BCUT2D eigenvalue weighted by Gasteiger charge is 2.34. The van der Waals surface area contributed by atoms with Gasteiger partial charge in [0.05, 0.1) is 29.7 Å². The van der Waals surface area contributed by atoms with E-state index < -0.39 is 4.92 Å². The summed E-state index contributed by atoms with van der Waals surface area (Å²) in [5, 5.41) is 11.0. The number of hydrogen-bond acceptors (Lipinski definition) is 7. The highest BCUT2D eigenvalue weighted by molar-refractivity contribution is 8.27. The summed E-state index contributed by atoms with van der Waals surface area (Å²) >= 11 is 6.44. The molecule has 0 aliphatic carbocycles. The molecule has 1 fully saturated rings. The van der Waals surface area contributed by atoms with Crippen molar-refractivity contribution in [2.75, 3.05) is 19.1 Å². The van der Waals surface area contributed by atoms with Crippen LogP contribution in [-0.2, 0) is 4.79 Å². The molecule has 0 spiro atoms. The number of thiocarbonyl (C=S) groups is 1. The first-order valence-electron chi connectivity index (χ1n) is 7.69. The number of carbonyl (C=O) groups is 1. The van der Waals surface area contributed by atoms with Crippen LogP contribution >= 0.6 is 24.0 Å². The normalized spacial score (nSPS) is 15.3. The van der Waals surface area contributed by atoms with Gasteiger partial charge in [0.15, 0.2) is 15.8 Å². The summed E-state index contributed by atoms with van der Waals surface area (Å²) in [4.78, 5) is 25.0. The zero-order valence-electron chi connectivity index (χ0n) is 14.4. The number of carbonyl (C=O) groups excluding carboxylic acids is 1. The summed E-state index contributed by atoms with van der Waals surface area (Å²) in [5.74, 6) is 0.791. The Morgan fingerprint density at radius 3 is 2.56 bits per heavy atom. The molecule has 0 radical (unpaired) electrons. The summed E-state index contributed by atoms with van der Waals surface area (Å²) < 4.78 is 10.8. The van der Waals surface area contributed by atoms with Gasteiger partial charge in [-0.3, -0.25) is 19.8 Å². The van der Waals surface area contributed by atoms with Gasteiger partial charge in [-0.25, -0.2) is 0 Å². The van der Waals surface area contributed by atoms with Crippen LogP contribution in [0.3, 0.4) is 0 Å². The standard InChI is InChI=1S/C18H14N2O5S2/c1-24-14-7-6-11(8-15(14)25-2)9-16-17(21)19(18(26)27-16)12-4-3-5-13(10-12)20(22)23/h3-10H,1-2H3/b16-9-. The van der Waals surface area contributed by atoms with Gasteiger partial charge < -0.3 is 9.47 Å². The minimum Gasteiger partial charge on any atom is -0.493 e. The smallest absolute Gasteiger partial charge is 0.271 e. The van der Waals surface area contributed by atoms with Gasteiger partial charge in [0.1, 0.15) is 0 Å². The van der Waals surface area contributed by atoms with Crippen molar-refractivity contribution in [2.24, 2.45) is 0 Å². The van der Waals surface area contributed by atoms with E-state index >= 15 is 0 Å². The van der Waals surface area contributed by atoms with Crippen molar-refractivity contribution >= 4 is 51.7 Å². The lowest BCUT2D eigenvalue weighted by Crippen LogP contribution is -2.27. The van der Waals surface area contributed by atoms with Crippen molar-refractivity contribution in [3.63, 3.8) is 0 Å². The number of rotatable bonds is 5. The van der Waals surface area contributed by atoms with E-state index in [4.69, 9.17) is 21.7 Å². The van der Waals surface area contributed by atoms with Gasteiger partial charge in [-0.15, -0.1) is 0 Å². The van der Waals surface area contributed by atoms with E-state index in [0.29, 0.717) is 26.4 Å². The first-order valence-corrected chi connectivity index (χ1v) is 8.91. The zero-order valence-corrected chi connectivity index (χ0v) is 16.0. The van der Waals surface area contributed by atoms with Gasteiger partial charge in [0.2, 0.25) is 0 Å². The lowest BCUT2D eigenvalue weighted by atomic mass is 10.2. The third kappa shape index (κ3) is 3.79. The van der Waals surface area contributed by atoms with E-state index in [2.05, 4.69) is 0 Å². The summed E-state index contributed by atoms with van der Waals surface area (Å²) in [6.07, 6.45) is 1.69. The molecule has 138 valence electrons. The largest absolute Gasteiger partial charge is 0.493 e. The zero-order chi connectivity index (χ0) is 19.6. The molecular weight excluding hydrogens is 388 g/mol. The number of nitro benzene ring substituents is 1. The first-order chi connectivity index (χ1) is 12.9. The van der Waals surface area contributed by atoms with Gasteiger partial charge in [-0.05, 0) is 29.8 Å². The minimum atomic E-state index is -0.513. The van der Waals surface area contributed by atoms with Crippen LogP contribution in [0.1, 0.15) is 5.56 Å². The lowest BCUT2D eigenvalue weighted by Gasteiger charge is -2.14. The number of thioether (sulfide) groups is 1. The van der Waals surface area contributed by atoms with Gasteiger partial charge in [0, 0.05) is 12.1 Å². The van der Waals surface area contributed by atoms with Gasteiger partial charge >= 0.3 is 0 Å². The van der Waals surface area contributed by atoms with Crippen LogP contribution in [0.25, 0.3) is 6.08 Å². The number of non-ortho nitro benzene ring substituents is 1. The average molecular weight is 402 g/mol. The molecule has 1 aliphatic rings. The highest BCUT2D eigenvalue weighted by atomic mass is 32.2. The second-order valence-electron chi connectivity index (χ2n) is 5.41. The van der Waals surface area contributed by atoms with Gasteiger partial charge in [0.25, 0.3) is 11.6 Å². The Bertz CT molecular complexity index is 974. The maximum atomic E-state index is 12.8. The van der Waals surface area contributed by atoms with Crippen LogP contribution in [0.4, 0.5) is 11.4 Å². The number of ether oxygens (including phenoxy) is 2. The van der Waals surface area contributed by atoms with Crippen LogP contribution in [0.15, 0.2) is 47.4 Å². The first kappa shape index (κ1) is 18.9. The second-order valence-corrected chi connectivity index (χ2v) is 7.08. The Labute approximate surface area is 164 Å². The molecule has 0 N–H and O–H groups in total. The predicted octanol–water partition coefficient (Wildman–Crippen LogP) is 4.02. The topological polar surface area (TPSA) is 81.9 Å². The number of nitro groups is 1. The van der Waals surface area contributed by atoms with E-state index in [9.17, 15) is 14.9 Å². The van der Waals surface area contributed by atoms with Crippen molar-refractivity contribution in [2.45, 2.75) is 0 Å². The number of amides is 1. The third-order valence-electron chi connectivity index (χ3n) is 3.80. The molecule has 2 aromatic carbocycles. The minimum absolute atomic E-state index is 0.106. The number of methoxy groups -OCH3 is 2. The predicted molar refractivity (Wildman–Crippen MR) is 108 cm³/mol. The average Bonchev–Trinajstić information content (AvgIpc) is 2.94. The fourth-order valence-electron chi connectivity index (χ4n) is 2.53. The summed E-state index contributed by atoms with van der Waals surface area (Å²) in [6, 6.07) is 11.1. The third-order valence-corrected chi connectivity index (χ3v) is 5.10. The molecule has 27 heavy (non-hydrogen) atoms. The van der Waals surface area contributed by atoms with Gasteiger partial charge in [-0.2, -0.15) is 0 Å². The molecule has 1 heterocycles. The summed E-state index contributed by atoms with van der Waals surface area (Å²) in [7, 11) is 3.07. The molecule has 2 aromatic rings. The molecular formula is C18H14N2O5S2. The van der Waals surface area contributed by atoms with Crippen molar-refractivity contribution < 1.29 is 19.2 Å². The quantitative estimate of drug-likeness (QED) is 0.323. The van der Waals surface area contributed by atoms with Crippen molar-refractivity contribution in [1.29, 1.82) is 0 Å².